The molecule has 3 aromatic rings. The molecule has 0 aliphatic carbocycles. The molecule has 0 aliphatic heterocycles. The smallest absolute Gasteiger partial charge is 0.239 e. The van der Waals surface area contributed by atoms with Gasteiger partial charge in [-0.1, -0.05) is 43.0 Å². The van der Waals surface area contributed by atoms with Crippen molar-refractivity contribution in [3.8, 4) is 11.4 Å². The molecule has 0 fully saturated rings. The second-order valence-electron chi connectivity index (χ2n) is 5.81. The van der Waals surface area contributed by atoms with Crippen molar-refractivity contribution in [3.05, 3.63) is 42.2 Å². The Kier molecular flexibility index (Phi) is 6.88. The van der Waals surface area contributed by atoms with E-state index in [0.717, 1.165) is 17.0 Å². The van der Waals surface area contributed by atoms with Crippen LogP contribution in [0.3, 0.4) is 0 Å². The van der Waals surface area contributed by atoms with Gasteiger partial charge in [0.05, 0.1) is 5.25 Å². The molecule has 1 amide bonds. The summed E-state index contributed by atoms with van der Waals surface area (Å²) in [5.74, 6) is 0.574. The lowest BCUT2D eigenvalue weighted by Crippen LogP contribution is -2.25. The van der Waals surface area contributed by atoms with E-state index in [4.69, 9.17) is 0 Å². The van der Waals surface area contributed by atoms with Crippen molar-refractivity contribution in [3.63, 3.8) is 0 Å². The van der Waals surface area contributed by atoms with E-state index in [1.165, 1.54) is 23.1 Å². The lowest BCUT2D eigenvalue weighted by molar-refractivity contribution is -0.115. The summed E-state index contributed by atoms with van der Waals surface area (Å²) >= 11 is 2.77. The molecule has 0 aliphatic rings. The number of hydrogen-bond acceptors (Lipinski definition) is 8. The molecule has 10 heteroatoms. The van der Waals surface area contributed by atoms with Crippen molar-refractivity contribution in [1.82, 2.24) is 29.9 Å². The SMILES string of the molecule is C=CCn1c(S[C@H](CC)C(=O)Nc2nnc(CC)s2)nnc1-c1cccnc1. The van der Waals surface area contributed by atoms with E-state index in [0.29, 0.717) is 29.1 Å². The van der Waals surface area contributed by atoms with Crippen molar-refractivity contribution in [2.24, 2.45) is 0 Å². The number of nitrogens with zero attached hydrogens (tertiary/aromatic N) is 6. The summed E-state index contributed by atoms with van der Waals surface area (Å²) in [7, 11) is 0. The minimum absolute atomic E-state index is 0.123. The zero-order valence-electron chi connectivity index (χ0n) is 15.7. The Morgan fingerprint density at radius 2 is 2.21 bits per heavy atom. The van der Waals surface area contributed by atoms with Gasteiger partial charge >= 0.3 is 0 Å². The highest BCUT2D eigenvalue weighted by molar-refractivity contribution is 8.00. The molecule has 8 nitrogen and oxygen atoms in total. The number of aryl methyl sites for hydroxylation is 1. The number of carbonyl (C=O) groups excluding carboxylic acids is 1. The predicted octanol–water partition coefficient (Wildman–Crippen LogP) is 3.45. The standard InChI is InChI=1S/C18H21N7OS2/c1-4-10-25-15(12-8-7-9-19-11-12)22-24-18(25)27-13(5-2)16(26)20-17-23-21-14(6-3)28-17/h4,7-9,11,13H,1,5-6,10H2,2-3H3,(H,20,23,26)/t13-/m1/s1. The van der Waals surface area contributed by atoms with E-state index >= 15 is 0 Å². The second-order valence-corrected chi connectivity index (χ2v) is 8.04. The fourth-order valence-corrected chi connectivity index (χ4v) is 4.11. The molecule has 0 aromatic carbocycles. The number of aromatic nitrogens is 6. The molecule has 0 spiro atoms. The number of anilines is 1. The maximum absolute atomic E-state index is 12.7. The van der Waals surface area contributed by atoms with Crippen LogP contribution < -0.4 is 5.32 Å². The Bertz CT molecular complexity index is 939. The summed E-state index contributed by atoms with van der Waals surface area (Å²) in [5, 5.41) is 21.2. The number of carbonyl (C=O) groups is 1. The molecule has 1 N–H and O–H groups in total. The summed E-state index contributed by atoms with van der Waals surface area (Å²) < 4.78 is 1.94. The number of rotatable bonds is 9. The van der Waals surface area contributed by atoms with E-state index in [2.05, 4.69) is 37.3 Å². The summed E-state index contributed by atoms with van der Waals surface area (Å²) in [6.07, 6.45) is 6.66. The molecule has 3 aromatic heterocycles. The van der Waals surface area contributed by atoms with Crippen LogP contribution in [0.25, 0.3) is 11.4 Å². The van der Waals surface area contributed by atoms with Crippen LogP contribution in [0.15, 0.2) is 42.3 Å². The first-order valence-corrected chi connectivity index (χ1v) is 10.6. The highest BCUT2D eigenvalue weighted by Crippen LogP contribution is 2.29. The topological polar surface area (TPSA) is 98.5 Å². The van der Waals surface area contributed by atoms with Gasteiger partial charge in [0.2, 0.25) is 11.0 Å². The van der Waals surface area contributed by atoms with E-state index < -0.39 is 0 Å². The highest BCUT2D eigenvalue weighted by Gasteiger charge is 2.23. The van der Waals surface area contributed by atoms with Crippen LogP contribution in [0.5, 0.6) is 0 Å². The molecule has 0 unspecified atom stereocenters. The number of pyridine rings is 1. The van der Waals surface area contributed by atoms with Crippen LogP contribution >= 0.6 is 23.1 Å². The van der Waals surface area contributed by atoms with Gasteiger partial charge in [0.15, 0.2) is 11.0 Å². The molecule has 28 heavy (non-hydrogen) atoms. The third kappa shape index (κ3) is 4.63. The van der Waals surface area contributed by atoms with Crippen molar-refractivity contribution in [2.75, 3.05) is 5.32 Å². The number of thioether (sulfide) groups is 1. The van der Waals surface area contributed by atoms with Crippen molar-refractivity contribution in [1.29, 1.82) is 0 Å². The predicted molar refractivity (Wildman–Crippen MR) is 111 cm³/mol. The Morgan fingerprint density at radius 3 is 2.86 bits per heavy atom. The average molecular weight is 416 g/mol. The van der Waals surface area contributed by atoms with E-state index in [1.54, 1.807) is 18.5 Å². The first kappa shape index (κ1) is 20.2. The number of nitrogens with one attached hydrogen (secondary N) is 1. The van der Waals surface area contributed by atoms with Crippen LogP contribution in [0.4, 0.5) is 5.13 Å². The van der Waals surface area contributed by atoms with Crippen molar-refractivity contribution >= 4 is 34.1 Å². The molecule has 0 saturated heterocycles. The third-order valence-corrected chi connectivity index (χ3v) is 6.19. The molecular weight excluding hydrogens is 394 g/mol. The fraction of sp³-hybridized carbons (Fsp3) is 0.333. The van der Waals surface area contributed by atoms with Gasteiger partial charge < -0.3 is 0 Å². The Balaban J connectivity index is 1.79. The molecule has 0 saturated carbocycles. The first-order chi connectivity index (χ1) is 13.7. The van der Waals surface area contributed by atoms with Gasteiger partial charge in [-0.2, -0.15) is 0 Å². The second kappa shape index (κ2) is 9.56. The summed E-state index contributed by atoms with van der Waals surface area (Å²) in [4.78, 5) is 16.9. The Morgan fingerprint density at radius 1 is 1.36 bits per heavy atom. The van der Waals surface area contributed by atoms with Crippen LogP contribution in [0, 0.1) is 0 Å². The summed E-state index contributed by atoms with van der Waals surface area (Å²) in [6, 6.07) is 3.78. The largest absolute Gasteiger partial charge is 0.300 e. The van der Waals surface area contributed by atoms with Crippen LogP contribution in [-0.2, 0) is 17.8 Å². The number of hydrogen-bond donors (Lipinski definition) is 1. The maximum atomic E-state index is 12.7. The van der Waals surface area contributed by atoms with Gasteiger partial charge in [0, 0.05) is 24.5 Å². The van der Waals surface area contributed by atoms with Gasteiger partial charge in [-0.15, -0.1) is 27.0 Å². The highest BCUT2D eigenvalue weighted by atomic mass is 32.2. The third-order valence-electron chi connectivity index (χ3n) is 3.86. The molecule has 0 bridgehead atoms. The van der Waals surface area contributed by atoms with Gasteiger partial charge in [-0.25, -0.2) is 0 Å². The van der Waals surface area contributed by atoms with Crippen LogP contribution in [0.2, 0.25) is 0 Å². The zero-order valence-corrected chi connectivity index (χ0v) is 17.3. The van der Waals surface area contributed by atoms with Gasteiger partial charge in [-0.05, 0) is 25.0 Å². The minimum Gasteiger partial charge on any atom is -0.300 e. The first-order valence-electron chi connectivity index (χ1n) is 8.90. The summed E-state index contributed by atoms with van der Waals surface area (Å²) in [5.41, 5.74) is 0.863. The monoisotopic (exact) mass is 415 g/mol. The molecule has 0 radical (unpaired) electrons. The minimum atomic E-state index is -0.330. The van der Waals surface area contributed by atoms with Gasteiger partial charge in [-0.3, -0.25) is 19.7 Å². The van der Waals surface area contributed by atoms with Crippen LogP contribution in [-0.4, -0.2) is 41.1 Å². The van der Waals surface area contributed by atoms with E-state index in [1.807, 2.05) is 30.5 Å². The average Bonchev–Trinajstić information content (AvgIpc) is 3.34. The molecule has 3 rings (SSSR count). The normalized spacial score (nSPS) is 11.9. The quantitative estimate of drug-likeness (QED) is 0.422. The van der Waals surface area contributed by atoms with E-state index in [-0.39, 0.29) is 11.2 Å². The number of amides is 1. The lowest BCUT2D eigenvalue weighted by Gasteiger charge is -2.14. The maximum Gasteiger partial charge on any atom is 0.239 e. The molecule has 1 atom stereocenters. The summed E-state index contributed by atoms with van der Waals surface area (Å²) in [6.45, 7) is 8.32. The zero-order chi connectivity index (χ0) is 19.9. The Hall–Kier alpha value is -2.59. The van der Waals surface area contributed by atoms with Crippen molar-refractivity contribution < 1.29 is 4.79 Å². The molecule has 3 heterocycles. The Labute approximate surface area is 171 Å². The molecule has 146 valence electrons. The lowest BCUT2D eigenvalue weighted by atomic mass is 10.3. The fourth-order valence-electron chi connectivity index (χ4n) is 2.46. The number of allylic oxidation sites excluding steroid dienone is 1. The van der Waals surface area contributed by atoms with E-state index in [9.17, 15) is 4.79 Å². The van der Waals surface area contributed by atoms with Gasteiger partial charge in [0.1, 0.15) is 5.01 Å². The van der Waals surface area contributed by atoms with Gasteiger partial charge in [0.25, 0.3) is 0 Å². The molecular formula is C18H21N7OS2. The van der Waals surface area contributed by atoms with Crippen LogP contribution in [0.1, 0.15) is 25.3 Å². The van der Waals surface area contributed by atoms with Crippen molar-refractivity contribution in [2.45, 2.75) is 43.6 Å².